The number of carbonyl (C=O) groups is 1. The number of methoxy groups -OCH3 is 1. The predicted molar refractivity (Wildman–Crippen MR) is 130 cm³/mol. The summed E-state index contributed by atoms with van der Waals surface area (Å²) >= 11 is 5.54. The molecule has 4 rings (SSSR count). The number of benzene rings is 2. The molecule has 0 radical (unpaired) electrons. The lowest BCUT2D eigenvalue weighted by atomic mass is 10.0. The molecule has 0 atom stereocenters. The summed E-state index contributed by atoms with van der Waals surface area (Å²) in [6.07, 6.45) is -2.88. The molecular weight excluding hydrogens is 483 g/mol. The molecule has 0 unspecified atom stereocenters. The Hall–Kier alpha value is -2.75. The van der Waals surface area contributed by atoms with Crippen molar-refractivity contribution in [1.82, 2.24) is 14.8 Å². The Bertz CT molecular complexity index is 1140. The maximum atomic E-state index is 12.4. The summed E-state index contributed by atoms with van der Waals surface area (Å²) in [4.78, 5) is 17.8. The van der Waals surface area contributed by atoms with Gasteiger partial charge in [-0.2, -0.15) is 13.2 Å². The number of piperazine rings is 1. The number of aromatic amines is 1. The van der Waals surface area contributed by atoms with Crippen molar-refractivity contribution < 1.29 is 27.8 Å². The van der Waals surface area contributed by atoms with E-state index in [2.05, 4.69) is 16.0 Å². The largest absolute Gasteiger partial charge is 0.496 e. The molecule has 1 fully saturated rings. The van der Waals surface area contributed by atoms with Gasteiger partial charge in [0, 0.05) is 61.9 Å². The molecule has 0 saturated carbocycles. The van der Waals surface area contributed by atoms with Crippen molar-refractivity contribution in [1.29, 1.82) is 0 Å². The van der Waals surface area contributed by atoms with Gasteiger partial charge in [-0.15, -0.1) is 0 Å². The van der Waals surface area contributed by atoms with Crippen LogP contribution in [0, 0.1) is 6.92 Å². The van der Waals surface area contributed by atoms with Crippen LogP contribution in [0.15, 0.2) is 42.6 Å². The Morgan fingerprint density at radius 1 is 1.14 bits per heavy atom. The van der Waals surface area contributed by atoms with Crippen LogP contribution in [0.2, 0.25) is 5.02 Å². The van der Waals surface area contributed by atoms with E-state index in [1.54, 1.807) is 25.3 Å². The molecular formula is C25H29ClF3N3O3. The van der Waals surface area contributed by atoms with Crippen molar-refractivity contribution >= 4 is 28.5 Å². The van der Waals surface area contributed by atoms with Crippen LogP contribution < -0.4 is 4.74 Å². The molecule has 0 aliphatic carbocycles. The zero-order chi connectivity index (χ0) is 25.6. The fraction of sp³-hybridized carbons (Fsp3) is 0.400. The van der Waals surface area contributed by atoms with E-state index in [0.29, 0.717) is 13.1 Å². The molecule has 1 saturated heterocycles. The van der Waals surface area contributed by atoms with Gasteiger partial charge in [-0.25, -0.2) is 4.79 Å². The minimum absolute atomic E-state index is 0.0905. The maximum absolute atomic E-state index is 12.4. The fourth-order valence-electron chi connectivity index (χ4n) is 4.10. The van der Waals surface area contributed by atoms with Crippen molar-refractivity contribution in [3.8, 4) is 5.75 Å². The first-order chi connectivity index (χ1) is 16.6. The van der Waals surface area contributed by atoms with Crippen LogP contribution >= 0.6 is 11.6 Å². The van der Waals surface area contributed by atoms with Gasteiger partial charge in [0.2, 0.25) is 0 Å². The second-order valence-electron chi connectivity index (χ2n) is 8.41. The molecule has 2 N–H and O–H groups in total. The van der Waals surface area contributed by atoms with Gasteiger partial charge in [-0.1, -0.05) is 23.7 Å². The number of halogens is 4. The lowest BCUT2D eigenvalue weighted by molar-refractivity contribution is -0.138. The summed E-state index contributed by atoms with van der Waals surface area (Å²) in [5, 5.41) is 9.90. The number of carboxylic acid groups (broad SMARTS) is 1. The zero-order valence-corrected chi connectivity index (χ0v) is 20.4. The van der Waals surface area contributed by atoms with Crippen LogP contribution in [0.25, 0.3) is 10.9 Å². The van der Waals surface area contributed by atoms with Crippen LogP contribution in [-0.2, 0) is 6.54 Å². The lowest BCUT2D eigenvalue weighted by Crippen LogP contribution is -2.46. The molecule has 190 valence electrons. The third-order valence-electron chi connectivity index (χ3n) is 5.99. The van der Waals surface area contributed by atoms with Crippen molar-refractivity contribution in [3.63, 3.8) is 0 Å². The van der Waals surface area contributed by atoms with Crippen LogP contribution in [0.4, 0.5) is 13.2 Å². The Balaban J connectivity index is 0.000000287. The summed E-state index contributed by atoms with van der Waals surface area (Å²) in [6, 6.07) is 10.4. The average Bonchev–Trinajstić information content (AvgIpc) is 3.31. The van der Waals surface area contributed by atoms with E-state index in [1.165, 1.54) is 6.07 Å². The minimum Gasteiger partial charge on any atom is -0.496 e. The second kappa shape index (κ2) is 11.8. The lowest BCUT2D eigenvalue weighted by Gasteiger charge is -2.35. The minimum atomic E-state index is -4.08. The van der Waals surface area contributed by atoms with Crippen LogP contribution in [-0.4, -0.2) is 71.9 Å². The van der Waals surface area contributed by atoms with Gasteiger partial charge in [0.05, 0.1) is 24.1 Å². The number of hydrogen-bond donors (Lipinski definition) is 2. The number of aromatic nitrogens is 1. The molecule has 0 bridgehead atoms. The van der Waals surface area contributed by atoms with Crippen molar-refractivity contribution in [2.75, 3.05) is 39.8 Å². The van der Waals surface area contributed by atoms with Gasteiger partial charge in [0.15, 0.2) is 0 Å². The van der Waals surface area contributed by atoms with E-state index >= 15 is 0 Å². The number of carboxylic acids is 1. The van der Waals surface area contributed by atoms with Gasteiger partial charge < -0.3 is 19.7 Å². The van der Waals surface area contributed by atoms with E-state index in [0.717, 1.165) is 47.4 Å². The number of aromatic carboxylic acids is 1. The summed E-state index contributed by atoms with van der Waals surface area (Å²) in [5.41, 5.74) is 3.52. The Kier molecular flexibility index (Phi) is 9.04. The normalized spacial score (nSPS) is 15.0. The molecule has 2 heterocycles. The Morgan fingerprint density at radius 3 is 2.37 bits per heavy atom. The van der Waals surface area contributed by atoms with Crippen molar-refractivity contribution in [2.45, 2.75) is 26.1 Å². The van der Waals surface area contributed by atoms with Gasteiger partial charge in [0.25, 0.3) is 0 Å². The second-order valence-corrected chi connectivity index (χ2v) is 8.82. The summed E-state index contributed by atoms with van der Waals surface area (Å²) in [5.74, 6) is -0.130. The number of nitrogens with zero attached hydrogens (tertiary/aromatic N) is 2. The van der Waals surface area contributed by atoms with Gasteiger partial charge in [-0.3, -0.25) is 4.90 Å². The topological polar surface area (TPSA) is 68.8 Å². The Morgan fingerprint density at radius 2 is 1.80 bits per heavy atom. The van der Waals surface area contributed by atoms with Crippen LogP contribution in [0.5, 0.6) is 5.75 Å². The number of aryl methyl sites for hydroxylation is 1. The van der Waals surface area contributed by atoms with Crippen LogP contribution in [0.3, 0.4) is 0 Å². The summed E-state index contributed by atoms with van der Waals surface area (Å²) in [6.45, 7) is 5.74. The third-order valence-corrected chi connectivity index (χ3v) is 6.32. The molecule has 6 nitrogen and oxygen atoms in total. The monoisotopic (exact) mass is 511 g/mol. The summed E-state index contributed by atoms with van der Waals surface area (Å²) < 4.78 is 42.6. The third kappa shape index (κ3) is 7.37. The number of H-pyrrole nitrogens is 1. The highest BCUT2D eigenvalue weighted by Crippen LogP contribution is 2.32. The Labute approximate surface area is 207 Å². The predicted octanol–water partition coefficient (Wildman–Crippen LogP) is 5.59. The summed E-state index contributed by atoms with van der Waals surface area (Å²) in [7, 11) is 1.67. The molecule has 0 spiro atoms. The van der Waals surface area contributed by atoms with Gasteiger partial charge >= 0.3 is 12.1 Å². The smallest absolute Gasteiger partial charge is 0.390 e. The standard InChI is InChI=1S/C18H24F3N3O.C7H5ClO2/c1-13-11-16(25-2)15(14-3-5-22-17(13)14)12-24-9-7-23(8-10-24)6-4-18(19,20)21;8-6-4-2-1-3-5(6)7(9)10/h3,5,11,22H,4,6-10,12H2,1-2H3;1-4H,(H,9,10). The SMILES string of the molecule is COc1cc(C)c2[nH]ccc2c1CN1CCN(CCC(F)(F)F)CC1.O=C(O)c1ccccc1Cl. The first-order valence-electron chi connectivity index (χ1n) is 11.2. The van der Waals surface area contributed by atoms with E-state index in [1.807, 2.05) is 24.1 Å². The van der Waals surface area contributed by atoms with E-state index in [9.17, 15) is 18.0 Å². The number of fused-ring (bicyclic) bond motifs is 1. The molecule has 3 aromatic rings. The van der Waals surface area contributed by atoms with Crippen LogP contribution in [0.1, 0.15) is 27.9 Å². The van der Waals surface area contributed by atoms with E-state index < -0.39 is 18.6 Å². The first kappa shape index (κ1) is 26.8. The quantitative estimate of drug-likeness (QED) is 0.451. The average molecular weight is 512 g/mol. The number of rotatable bonds is 6. The zero-order valence-electron chi connectivity index (χ0n) is 19.7. The maximum Gasteiger partial charge on any atom is 0.390 e. The first-order valence-corrected chi connectivity index (χ1v) is 11.6. The highest BCUT2D eigenvalue weighted by atomic mass is 35.5. The molecule has 1 aliphatic rings. The molecule has 1 aromatic heterocycles. The molecule has 0 amide bonds. The molecule has 2 aromatic carbocycles. The van der Waals surface area contributed by atoms with E-state index in [4.69, 9.17) is 21.4 Å². The number of nitrogens with one attached hydrogen (secondary N) is 1. The number of hydrogen-bond acceptors (Lipinski definition) is 4. The fourth-order valence-corrected chi connectivity index (χ4v) is 4.31. The van der Waals surface area contributed by atoms with E-state index in [-0.39, 0.29) is 17.1 Å². The van der Waals surface area contributed by atoms with Crippen molar-refractivity contribution in [2.24, 2.45) is 0 Å². The van der Waals surface area contributed by atoms with Crippen molar-refractivity contribution in [3.05, 3.63) is 64.3 Å². The van der Waals surface area contributed by atoms with Gasteiger partial charge in [0.1, 0.15) is 5.75 Å². The highest BCUT2D eigenvalue weighted by Gasteiger charge is 2.29. The number of alkyl halides is 3. The number of ether oxygens (including phenoxy) is 1. The highest BCUT2D eigenvalue weighted by molar-refractivity contribution is 6.33. The molecule has 10 heteroatoms. The molecule has 1 aliphatic heterocycles. The van der Waals surface area contributed by atoms with Gasteiger partial charge in [-0.05, 0) is 36.8 Å². The molecule has 35 heavy (non-hydrogen) atoms.